The van der Waals surface area contributed by atoms with Gasteiger partial charge in [0.1, 0.15) is 11.9 Å². The molecule has 1 amide bonds. The second-order valence-corrected chi connectivity index (χ2v) is 13.1. The molecule has 2 unspecified atom stereocenters. The third-order valence-electron chi connectivity index (χ3n) is 8.91. The van der Waals surface area contributed by atoms with Crippen LogP contribution in [-0.2, 0) is 22.2 Å². The molecule has 2 atom stereocenters. The van der Waals surface area contributed by atoms with E-state index in [1.54, 1.807) is 34.6 Å². The Balaban J connectivity index is 1.80. The molecule has 2 N–H and O–H groups in total. The van der Waals surface area contributed by atoms with Crippen LogP contribution in [0.15, 0.2) is 35.3 Å². The predicted molar refractivity (Wildman–Crippen MR) is 175 cm³/mol. The van der Waals surface area contributed by atoms with E-state index in [0.29, 0.717) is 34.9 Å². The van der Waals surface area contributed by atoms with Crippen LogP contribution in [0.4, 0.5) is 22.0 Å². The summed E-state index contributed by atoms with van der Waals surface area (Å²) >= 11 is 0. The van der Waals surface area contributed by atoms with E-state index in [0.717, 1.165) is 30.3 Å². The van der Waals surface area contributed by atoms with Gasteiger partial charge in [-0.2, -0.15) is 13.2 Å². The summed E-state index contributed by atoms with van der Waals surface area (Å²) in [5.74, 6) is -3.99. The maximum atomic E-state index is 16.5. The second kappa shape index (κ2) is 15.1. The fourth-order valence-electron chi connectivity index (χ4n) is 6.47. The number of alkyl halides is 3. The minimum absolute atomic E-state index is 0.00291. The van der Waals surface area contributed by atoms with Gasteiger partial charge in [0.15, 0.2) is 11.6 Å². The van der Waals surface area contributed by atoms with Gasteiger partial charge in [-0.25, -0.2) is 8.78 Å². The Hall–Kier alpha value is -4.26. The van der Waals surface area contributed by atoms with E-state index in [2.05, 4.69) is 5.32 Å². The molecule has 1 saturated heterocycles. The van der Waals surface area contributed by atoms with Crippen molar-refractivity contribution in [1.82, 2.24) is 14.8 Å². The van der Waals surface area contributed by atoms with Crippen molar-refractivity contribution in [1.29, 1.82) is 0 Å². The molecule has 1 aliphatic heterocycles. The van der Waals surface area contributed by atoms with E-state index in [1.165, 1.54) is 25.3 Å². The molecular formula is C36H42F5N3O5. The number of aryl methyl sites for hydroxylation is 2. The highest BCUT2D eigenvalue weighted by atomic mass is 19.4. The second-order valence-electron chi connectivity index (χ2n) is 13.1. The lowest BCUT2D eigenvalue weighted by Gasteiger charge is -2.31. The number of pyridine rings is 1. The molecular weight excluding hydrogens is 649 g/mol. The molecule has 0 radical (unpaired) electrons. The fraction of sp³-hybridized carbons (Fsp3) is 0.472. The number of hydrogen-bond donors (Lipinski definition) is 2. The molecule has 0 bridgehead atoms. The quantitative estimate of drug-likeness (QED) is 0.189. The molecule has 3 aromatic rings. The molecule has 8 nitrogen and oxygen atoms in total. The van der Waals surface area contributed by atoms with Crippen molar-refractivity contribution in [3.8, 4) is 16.9 Å². The zero-order valence-electron chi connectivity index (χ0n) is 28.4. The Kier molecular flexibility index (Phi) is 11.6. The number of halogens is 5. The van der Waals surface area contributed by atoms with Gasteiger partial charge in [0.2, 0.25) is 5.91 Å². The zero-order valence-corrected chi connectivity index (χ0v) is 28.4. The fourth-order valence-corrected chi connectivity index (χ4v) is 6.47. The third-order valence-corrected chi connectivity index (χ3v) is 8.91. The Labute approximate surface area is 281 Å². The molecule has 0 aliphatic carbocycles. The van der Waals surface area contributed by atoms with E-state index in [9.17, 15) is 37.1 Å². The molecule has 1 fully saturated rings. The van der Waals surface area contributed by atoms with Crippen molar-refractivity contribution in [2.75, 3.05) is 26.7 Å². The minimum atomic E-state index is -4.80. The topological polar surface area (TPSA) is 101 Å². The first-order valence-electron chi connectivity index (χ1n) is 16.1. The number of carboxylic acid groups (broad SMARTS) is 1. The van der Waals surface area contributed by atoms with Crippen molar-refractivity contribution in [3.05, 3.63) is 85.8 Å². The van der Waals surface area contributed by atoms with Crippen LogP contribution in [0.2, 0.25) is 0 Å². The highest BCUT2D eigenvalue weighted by Gasteiger charge is 2.36. The molecule has 13 heteroatoms. The Bertz CT molecular complexity index is 1780. The summed E-state index contributed by atoms with van der Waals surface area (Å²) in [4.78, 5) is 41.3. The molecule has 1 aliphatic rings. The van der Waals surface area contributed by atoms with E-state index in [4.69, 9.17) is 4.74 Å². The highest BCUT2D eigenvalue weighted by molar-refractivity contribution is 5.82. The van der Waals surface area contributed by atoms with Crippen LogP contribution in [-0.4, -0.2) is 53.2 Å². The maximum Gasteiger partial charge on any atom is 0.416 e. The number of likely N-dealkylation sites (tertiary alicyclic amines) is 1. The van der Waals surface area contributed by atoms with Crippen molar-refractivity contribution < 1.29 is 41.4 Å². The predicted octanol–water partition coefficient (Wildman–Crippen LogP) is 6.91. The van der Waals surface area contributed by atoms with E-state index in [-0.39, 0.29) is 41.2 Å². The van der Waals surface area contributed by atoms with Gasteiger partial charge < -0.3 is 24.6 Å². The van der Waals surface area contributed by atoms with Gasteiger partial charge in [-0.3, -0.25) is 14.4 Å². The molecule has 266 valence electrons. The molecule has 2 heterocycles. The first kappa shape index (κ1) is 37.6. The number of benzene rings is 2. The third kappa shape index (κ3) is 8.49. The molecule has 49 heavy (non-hydrogen) atoms. The van der Waals surface area contributed by atoms with Gasteiger partial charge in [0, 0.05) is 35.5 Å². The molecule has 0 spiro atoms. The van der Waals surface area contributed by atoms with Crippen LogP contribution in [0.5, 0.6) is 5.75 Å². The van der Waals surface area contributed by atoms with Crippen LogP contribution >= 0.6 is 0 Å². The number of carboxylic acids is 1. The smallest absolute Gasteiger partial charge is 0.416 e. The number of methoxy groups -OCH3 is 1. The number of aromatic nitrogens is 1. The van der Waals surface area contributed by atoms with Crippen molar-refractivity contribution >= 4 is 11.9 Å². The lowest BCUT2D eigenvalue weighted by atomic mass is 9.89. The summed E-state index contributed by atoms with van der Waals surface area (Å²) in [7, 11) is 1.28. The Morgan fingerprint density at radius 2 is 1.73 bits per heavy atom. The minimum Gasteiger partial charge on any atom is -0.493 e. The SMILES string of the molecule is COc1c(F)cc(C)c(-c2cc(C)cc(C(CC(=O)O)NC(=O)C(CC(C)C)n3cc(CCN4CCC4)c(C(F)(F)F)cc3=O)c2F)c1C. The first-order chi connectivity index (χ1) is 22.9. The molecule has 4 rings (SSSR count). The summed E-state index contributed by atoms with van der Waals surface area (Å²) in [6, 6.07) is 1.86. The molecule has 2 aromatic carbocycles. The van der Waals surface area contributed by atoms with Crippen molar-refractivity contribution in [3.63, 3.8) is 0 Å². The van der Waals surface area contributed by atoms with Gasteiger partial charge in [-0.15, -0.1) is 0 Å². The summed E-state index contributed by atoms with van der Waals surface area (Å²) in [6.45, 7) is 10.2. The monoisotopic (exact) mass is 691 g/mol. The van der Waals surface area contributed by atoms with E-state index in [1.807, 2.05) is 4.90 Å². The number of carbonyl (C=O) groups excluding carboxylic acids is 1. The van der Waals surface area contributed by atoms with Crippen molar-refractivity contribution in [2.45, 2.75) is 78.6 Å². The lowest BCUT2D eigenvalue weighted by Crippen LogP contribution is -2.41. The first-order valence-corrected chi connectivity index (χ1v) is 16.1. The summed E-state index contributed by atoms with van der Waals surface area (Å²) in [5, 5.41) is 12.4. The number of aliphatic carboxylic acids is 1. The van der Waals surface area contributed by atoms with Gasteiger partial charge >= 0.3 is 12.1 Å². The molecule has 0 saturated carbocycles. The van der Waals surface area contributed by atoms with Gasteiger partial charge in [-0.1, -0.05) is 19.9 Å². The number of amides is 1. The summed E-state index contributed by atoms with van der Waals surface area (Å²) in [6.07, 6.45) is -3.50. The number of rotatable bonds is 13. The number of nitrogens with one attached hydrogen (secondary N) is 1. The Morgan fingerprint density at radius 3 is 2.29 bits per heavy atom. The lowest BCUT2D eigenvalue weighted by molar-refractivity contribution is -0.139. The Morgan fingerprint density at radius 1 is 1.06 bits per heavy atom. The zero-order chi connectivity index (χ0) is 36.4. The van der Waals surface area contributed by atoms with Gasteiger partial charge in [0.05, 0.1) is 25.1 Å². The summed E-state index contributed by atoms with van der Waals surface area (Å²) < 4.78 is 79.3. The van der Waals surface area contributed by atoms with Gasteiger partial charge in [0.25, 0.3) is 5.56 Å². The standard InChI is InChI=1S/C36H42F5N3O5/c1-19(2)12-29(44-18-23(8-11-43-9-7-10-43)26(16-30(44)45)36(39,40)41)35(48)42-28(17-31(46)47)24-13-20(3)14-25(33(24)38)32-21(4)15-27(37)34(49-6)22(32)5/h13-16,18-19,28-29H,7-12,17H2,1-6H3,(H,42,48)(H,46,47). The van der Waals surface area contributed by atoms with E-state index < -0.39 is 59.3 Å². The largest absolute Gasteiger partial charge is 0.493 e. The number of hydrogen-bond acceptors (Lipinski definition) is 5. The average Bonchev–Trinajstić information content (AvgIpc) is 2.96. The molecule has 1 aromatic heterocycles. The van der Waals surface area contributed by atoms with Crippen LogP contribution < -0.4 is 15.6 Å². The van der Waals surface area contributed by atoms with Crippen LogP contribution in [0, 0.1) is 38.3 Å². The maximum absolute atomic E-state index is 16.5. The van der Waals surface area contributed by atoms with Crippen molar-refractivity contribution in [2.24, 2.45) is 5.92 Å². The number of ether oxygens (including phenoxy) is 1. The number of nitrogens with zero attached hydrogens (tertiary/aromatic N) is 2. The van der Waals surface area contributed by atoms with Crippen LogP contribution in [0.3, 0.4) is 0 Å². The highest BCUT2D eigenvalue weighted by Crippen LogP contribution is 2.39. The number of carbonyl (C=O) groups is 2. The summed E-state index contributed by atoms with van der Waals surface area (Å²) in [5.41, 5.74) is -0.814. The van der Waals surface area contributed by atoms with E-state index >= 15 is 4.39 Å². The normalized spacial score (nSPS) is 14.8. The average molecular weight is 692 g/mol. The van der Waals surface area contributed by atoms with Gasteiger partial charge in [-0.05, 0) is 93.4 Å². The van der Waals surface area contributed by atoms with Crippen LogP contribution in [0.1, 0.15) is 78.6 Å². The van der Waals surface area contributed by atoms with Crippen LogP contribution in [0.25, 0.3) is 11.1 Å².